The van der Waals surface area contributed by atoms with E-state index in [9.17, 15) is 4.21 Å². The van der Waals surface area contributed by atoms with E-state index in [4.69, 9.17) is 9.47 Å². The van der Waals surface area contributed by atoms with Crippen LogP contribution in [0.25, 0.3) is 0 Å². The van der Waals surface area contributed by atoms with E-state index in [0.717, 1.165) is 12.8 Å². The molecule has 140 valence electrons. The van der Waals surface area contributed by atoms with Gasteiger partial charge in [-0.2, -0.15) is 0 Å². The van der Waals surface area contributed by atoms with Crippen LogP contribution in [0.4, 0.5) is 0 Å². The summed E-state index contributed by atoms with van der Waals surface area (Å²) in [5.41, 5.74) is 0. The van der Waals surface area contributed by atoms with Crippen molar-refractivity contribution in [2.24, 2.45) is 0 Å². The first-order valence-corrected chi connectivity index (χ1v) is 11.1. The number of hydrogen-bond donors (Lipinski definition) is 0. The Hall–Kier alpha value is -0.770. The van der Waals surface area contributed by atoms with Crippen molar-refractivity contribution in [3.8, 4) is 0 Å². The maximum absolute atomic E-state index is 11.7. The molecule has 1 aliphatic rings. The van der Waals surface area contributed by atoms with Gasteiger partial charge in [-0.15, -0.1) is 0 Å². The molecule has 0 radical (unpaired) electrons. The van der Waals surface area contributed by atoms with Crippen LogP contribution in [-0.4, -0.2) is 17.4 Å². The highest BCUT2D eigenvalue weighted by molar-refractivity contribution is 7.91. The number of ether oxygens (including phenoxy) is 2. The van der Waals surface area contributed by atoms with Gasteiger partial charge in [-0.1, -0.05) is 78.1 Å². The second kappa shape index (κ2) is 14.6. The van der Waals surface area contributed by atoms with E-state index >= 15 is 0 Å². The Bertz CT molecular complexity index is 366. The molecule has 1 heterocycles. The average molecular weight is 357 g/mol. The van der Waals surface area contributed by atoms with Crippen LogP contribution in [-0.2, 0) is 20.3 Å². The molecule has 1 rings (SSSR count). The molecule has 0 unspecified atom stereocenters. The van der Waals surface area contributed by atoms with Gasteiger partial charge in [0.2, 0.25) is 0 Å². The van der Waals surface area contributed by atoms with E-state index in [-0.39, 0.29) is 0 Å². The largest absolute Gasteiger partial charge is 0.489 e. The maximum Gasteiger partial charge on any atom is 0.170 e. The van der Waals surface area contributed by atoms with Crippen molar-refractivity contribution in [2.45, 2.75) is 90.9 Å². The average Bonchev–Trinajstić information content (AvgIpc) is 2.93. The van der Waals surface area contributed by atoms with Crippen LogP contribution in [0.5, 0.6) is 0 Å². The lowest BCUT2D eigenvalue weighted by Gasteiger charge is -2.12. The summed E-state index contributed by atoms with van der Waals surface area (Å²) < 4.78 is 23.2. The Balaban J connectivity index is 2.10. The third-order valence-corrected chi connectivity index (χ3v) is 5.09. The van der Waals surface area contributed by atoms with Crippen LogP contribution >= 0.6 is 0 Å². The molecule has 0 spiro atoms. The minimum Gasteiger partial charge on any atom is -0.489 e. The second-order valence-electron chi connectivity index (χ2n) is 6.53. The summed E-state index contributed by atoms with van der Waals surface area (Å²) in [6.07, 6.45) is 14.9. The summed E-state index contributed by atoms with van der Waals surface area (Å²) in [6.45, 7) is 5.84. The molecule has 0 saturated carbocycles. The van der Waals surface area contributed by atoms with Gasteiger partial charge in [-0.25, -0.2) is 0 Å². The summed E-state index contributed by atoms with van der Waals surface area (Å²) in [5, 5.41) is 3.32. The van der Waals surface area contributed by atoms with Crippen LogP contribution in [0.3, 0.4) is 0 Å². The second-order valence-corrected chi connectivity index (χ2v) is 7.65. The molecule has 0 N–H and O–H groups in total. The molecule has 24 heavy (non-hydrogen) atoms. The van der Waals surface area contributed by atoms with E-state index in [2.05, 4.69) is 13.8 Å². The van der Waals surface area contributed by atoms with E-state index in [1.54, 1.807) is 10.8 Å². The predicted molar refractivity (Wildman–Crippen MR) is 103 cm³/mol. The summed E-state index contributed by atoms with van der Waals surface area (Å²) in [6, 6.07) is 0. The zero-order valence-corrected chi connectivity index (χ0v) is 16.5. The van der Waals surface area contributed by atoms with Crippen molar-refractivity contribution >= 4 is 10.8 Å². The fourth-order valence-corrected chi connectivity index (χ4v) is 3.56. The third kappa shape index (κ3) is 10.2. The van der Waals surface area contributed by atoms with Gasteiger partial charge >= 0.3 is 0 Å². The molecular formula is C20H36O3S. The summed E-state index contributed by atoms with van der Waals surface area (Å²) >= 11 is 0. The number of hydrogen-bond acceptors (Lipinski definition) is 3. The molecule has 0 saturated heterocycles. The summed E-state index contributed by atoms with van der Waals surface area (Å²) in [4.78, 5) is 0. The van der Waals surface area contributed by atoms with Gasteiger partial charge in [0, 0.05) is 0 Å². The predicted octanol–water partition coefficient (Wildman–Crippen LogP) is 6.19. The Morgan fingerprint density at radius 1 is 0.667 bits per heavy atom. The van der Waals surface area contributed by atoms with Crippen LogP contribution in [0.2, 0.25) is 0 Å². The summed E-state index contributed by atoms with van der Waals surface area (Å²) in [7, 11) is -1.08. The molecule has 0 aromatic carbocycles. The molecule has 1 aliphatic heterocycles. The first-order chi connectivity index (χ1) is 11.8. The summed E-state index contributed by atoms with van der Waals surface area (Å²) in [5.74, 6) is 1.35. The number of rotatable bonds is 16. The van der Waals surface area contributed by atoms with Crippen molar-refractivity contribution < 1.29 is 13.7 Å². The molecule has 3 nitrogen and oxygen atoms in total. The maximum atomic E-state index is 11.7. The van der Waals surface area contributed by atoms with Gasteiger partial charge in [-0.3, -0.25) is 4.21 Å². The highest BCUT2D eigenvalue weighted by atomic mass is 32.2. The zero-order valence-electron chi connectivity index (χ0n) is 15.7. The first kappa shape index (κ1) is 21.3. The topological polar surface area (TPSA) is 35.5 Å². The monoisotopic (exact) mass is 356 g/mol. The van der Waals surface area contributed by atoms with E-state index in [0.29, 0.717) is 24.7 Å². The molecule has 0 fully saturated rings. The minimum atomic E-state index is -1.08. The Kier molecular flexibility index (Phi) is 12.9. The van der Waals surface area contributed by atoms with Gasteiger partial charge < -0.3 is 9.47 Å². The fourth-order valence-electron chi connectivity index (χ4n) is 2.70. The number of unbranched alkanes of at least 4 members (excludes halogenated alkanes) is 10. The van der Waals surface area contributed by atoms with Gasteiger partial charge in [0.05, 0.1) is 34.8 Å². The van der Waals surface area contributed by atoms with Crippen molar-refractivity contribution in [3.05, 3.63) is 22.3 Å². The third-order valence-electron chi connectivity index (χ3n) is 4.20. The van der Waals surface area contributed by atoms with E-state index in [1.807, 2.05) is 0 Å². The molecule has 0 aliphatic carbocycles. The SMILES string of the molecule is CCCCCCCCOC1=CS(=O)C=C1OCCCCCCCC. The van der Waals surface area contributed by atoms with Crippen LogP contribution in [0.1, 0.15) is 90.9 Å². The zero-order chi connectivity index (χ0) is 17.5. The lowest BCUT2D eigenvalue weighted by atomic mass is 10.1. The fraction of sp³-hybridized carbons (Fsp3) is 0.800. The first-order valence-electron chi connectivity index (χ1n) is 9.87. The molecule has 0 amide bonds. The van der Waals surface area contributed by atoms with Gasteiger partial charge in [0.1, 0.15) is 0 Å². The normalized spacial score (nSPS) is 14.6. The van der Waals surface area contributed by atoms with Crippen LogP contribution in [0.15, 0.2) is 22.3 Å². The van der Waals surface area contributed by atoms with E-state index in [1.165, 1.54) is 64.2 Å². The highest BCUT2D eigenvalue weighted by Gasteiger charge is 2.17. The molecule has 0 aromatic heterocycles. The standard InChI is InChI=1S/C20H36O3S/c1-3-5-7-9-11-13-15-22-19-17-24(21)18-20(19)23-16-14-12-10-8-6-4-2/h17-18H,3-16H2,1-2H3. The van der Waals surface area contributed by atoms with Gasteiger partial charge in [0.25, 0.3) is 0 Å². The minimum absolute atomic E-state index is 0.674. The lowest BCUT2D eigenvalue weighted by molar-refractivity contribution is 0.147. The van der Waals surface area contributed by atoms with Gasteiger partial charge in [-0.05, 0) is 12.8 Å². The van der Waals surface area contributed by atoms with Crippen molar-refractivity contribution in [1.29, 1.82) is 0 Å². The Morgan fingerprint density at radius 3 is 1.46 bits per heavy atom. The van der Waals surface area contributed by atoms with Crippen molar-refractivity contribution in [2.75, 3.05) is 13.2 Å². The molecular weight excluding hydrogens is 320 g/mol. The Morgan fingerprint density at radius 2 is 1.04 bits per heavy atom. The van der Waals surface area contributed by atoms with Gasteiger partial charge in [0.15, 0.2) is 11.5 Å². The Labute approximate surface area is 151 Å². The van der Waals surface area contributed by atoms with Crippen LogP contribution in [0, 0.1) is 0 Å². The molecule has 4 heteroatoms. The lowest BCUT2D eigenvalue weighted by Crippen LogP contribution is -2.01. The molecule has 0 atom stereocenters. The highest BCUT2D eigenvalue weighted by Crippen LogP contribution is 2.23. The smallest absolute Gasteiger partial charge is 0.170 e. The van der Waals surface area contributed by atoms with Crippen LogP contribution < -0.4 is 0 Å². The van der Waals surface area contributed by atoms with Crippen molar-refractivity contribution in [3.63, 3.8) is 0 Å². The quantitative estimate of drug-likeness (QED) is 0.309. The molecule has 0 bridgehead atoms. The molecule has 0 aromatic rings. The van der Waals surface area contributed by atoms with E-state index < -0.39 is 10.8 Å². The van der Waals surface area contributed by atoms with Crippen molar-refractivity contribution in [1.82, 2.24) is 0 Å².